The normalized spacial score (nSPS) is 15.6. The topological polar surface area (TPSA) is 47.1 Å². The van der Waals surface area contributed by atoms with Crippen LogP contribution in [0.1, 0.15) is 0 Å². The van der Waals surface area contributed by atoms with Crippen molar-refractivity contribution in [1.82, 2.24) is 9.97 Å². The summed E-state index contributed by atoms with van der Waals surface area (Å²) in [6, 6.07) is 0. The van der Waals surface area contributed by atoms with Gasteiger partial charge in [0.1, 0.15) is 13.2 Å². The van der Waals surface area contributed by atoms with Gasteiger partial charge in [0, 0.05) is 0 Å². The highest BCUT2D eigenvalue weighted by Gasteiger charge is 2.12. The smallest absolute Gasteiger partial charge is 0.277 e. The van der Waals surface area contributed by atoms with Gasteiger partial charge in [0.2, 0.25) is 0 Å². The van der Waals surface area contributed by atoms with E-state index >= 15 is 0 Å². The highest BCUT2D eigenvalue weighted by molar-refractivity contribution is 5.25. The summed E-state index contributed by atoms with van der Waals surface area (Å²) in [6.07, 6.45) is 1.55. The van der Waals surface area contributed by atoms with Gasteiger partial charge in [-0.05, 0) is 0 Å². The number of hydrogen-bond donors (Lipinski definition) is 1. The molecule has 0 atom stereocenters. The van der Waals surface area contributed by atoms with Crippen molar-refractivity contribution in [2.24, 2.45) is 0 Å². The van der Waals surface area contributed by atoms with E-state index in [1.165, 1.54) is 0 Å². The molecule has 4 heteroatoms. The molecule has 0 amide bonds. The van der Waals surface area contributed by atoms with E-state index in [4.69, 9.17) is 9.47 Å². The van der Waals surface area contributed by atoms with Gasteiger partial charge in [-0.2, -0.15) is 4.98 Å². The lowest BCUT2D eigenvalue weighted by atomic mass is 10.6. The highest BCUT2D eigenvalue weighted by Crippen LogP contribution is 2.23. The van der Waals surface area contributed by atoms with Crippen molar-refractivity contribution >= 4 is 0 Å². The standard InChI is InChI=1S/C5H6N2O2/c1-2-9-5-4(8-1)6-3-7-5/h3H,1-2H2,(H,6,7). The molecule has 0 aromatic carbocycles. The predicted molar refractivity (Wildman–Crippen MR) is 29.6 cm³/mol. The van der Waals surface area contributed by atoms with Crippen LogP contribution in [0.2, 0.25) is 0 Å². The van der Waals surface area contributed by atoms with Crippen LogP contribution in [0.15, 0.2) is 6.33 Å². The molecule has 0 bridgehead atoms. The highest BCUT2D eigenvalue weighted by atomic mass is 16.6. The second-order valence-corrected chi connectivity index (χ2v) is 1.73. The molecular weight excluding hydrogens is 120 g/mol. The number of aromatic amines is 1. The fourth-order valence-electron chi connectivity index (χ4n) is 0.758. The Morgan fingerprint density at radius 1 is 1.44 bits per heavy atom. The molecule has 1 aliphatic rings. The molecule has 1 aromatic rings. The lowest BCUT2D eigenvalue weighted by molar-refractivity contribution is 0.162. The number of fused-ring (bicyclic) bond motifs is 1. The zero-order chi connectivity index (χ0) is 6.10. The van der Waals surface area contributed by atoms with Crippen LogP contribution in [-0.4, -0.2) is 23.2 Å². The molecule has 2 heterocycles. The third-order valence-corrected chi connectivity index (χ3v) is 1.14. The summed E-state index contributed by atoms with van der Waals surface area (Å²) >= 11 is 0. The average Bonchev–Trinajstić information content (AvgIpc) is 2.33. The van der Waals surface area contributed by atoms with Crippen molar-refractivity contribution in [3.05, 3.63) is 6.33 Å². The Morgan fingerprint density at radius 2 is 2.33 bits per heavy atom. The Balaban J connectivity index is 2.39. The van der Waals surface area contributed by atoms with Crippen molar-refractivity contribution in [2.45, 2.75) is 0 Å². The molecule has 1 N–H and O–H groups in total. The van der Waals surface area contributed by atoms with Gasteiger partial charge in [0.05, 0.1) is 6.33 Å². The predicted octanol–water partition coefficient (Wildman–Crippen LogP) is 0.181. The maximum Gasteiger partial charge on any atom is 0.277 e. The van der Waals surface area contributed by atoms with Crippen molar-refractivity contribution in [3.8, 4) is 11.8 Å². The third-order valence-electron chi connectivity index (χ3n) is 1.14. The number of hydrogen-bond acceptors (Lipinski definition) is 3. The Labute approximate surface area is 51.8 Å². The summed E-state index contributed by atoms with van der Waals surface area (Å²) in [5, 5.41) is 0. The number of rotatable bonds is 0. The van der Waals surface area contributed by atoms with Gasteiger partial charge in [0.15, 0.2) is 0 Å². The molecule has 0 unspecified atom stereocenters. The Kier molecular flexibility index (Phi) is 0.855. The van der Waals surface area contributed by atoms with E-state index in [1.807, 2.05) is 0 Å². The number of aromatic nitrogens is 2. The summed E-state index contributed by atoms with van der Waals surface area (Å²) in [7, 11) is 0. The van der Waals surface area contributed by atoms with Crippen molar-refractivity contribution in [3.63, 3.8) is 0 Å². The minimum absolute atomic E-state index is 0.571. The van der Waals surface area contributed by atoms with E-state index < -0.39 is 0 Å². The molecule has 0 saturated heterocycles. The van der Waals surface area contributed by atoms with Gasteiger partial charge in [0.25, 0.3) is 11.8 Å². The zero-order valence-corrected chi connectivity index (χ0v) is 4.76. The number of nitrogens with one attached hydrogen (secondary N) is 1. The van der Waals surface area contributed by atoms with E-state index in [2.05, 4.69) is 9.97 Å². The number of H-pyrrole nitrogens is 1. The molecule has 0 fully saturated rings. The quantitative estimate of drug-likeness (QED) is 0.539. The molecule has 0 saturated carbocycles. The van der Waals surface area contributed by atoms with Gasteiger partial charge >= 0.3 is 0 Å². The van der Waals surface area contributed by atoms with E-state index in [0.717, 1.165) is 0 Å². The molecule has 4 nitrogen and oxygen atoms in total. The zero-order valence-electron chi connectivity index (χ0n) is 4.76. The summed E-state index contributed by atoms with van der Waals surface area (Å²) < 4.78 is 10.2. The molecule has 9 heavy (non-hydrogen) atoms. The lowest BCUT2D eigenvalue weighted by Crippen LogP contribution is -2.14. The van der Waals surface area contributed by atoms with Gasteiger partial charge < -0.3 is 14.5 Å². The summed E-state index contributed by atoms with van der Waals surface area (Å²) in [5.74, 6) is 1.21. The molecule has 1 aromatic heterocycles. The molecule has 0 aliphatic carbocycles. The molecule has 0 spiro atoms. The van der Waals surface area contributed by atoms with E-state index in [9.17, 15) is 0 Å². The summed E-state index contributed by atoms with van der Waals surface area (Å²) in [6.45, 7) is 1.20. The van der Waals surface area contributed by atoms with Crippen LogP contribution >= 0.6 is 0 Å². The SMILES string of the molecule is c1nc2c([nH]1)OCCO2. The largest absolute Gasteiger partial charge is 0.472 e. The van der Waals surface area contributed by atoms with Crippen LogP contribution < -0.4 is 9.47 Å². The monoisotopic (exact) mass is 126 g/mol. The fourth-order valence-corrected chi connectivity index (χ4v) is 0.758. The number of ether oxygens (including phenoxy) is 2. The first kappa shape index (κ1) is 4.67. The summed E-state index contributed by atoms with van der Waals surface area (Å²) in [5.41, 5.74) is 0. The second-order valence-electron chi connectivity index (χ2n) is 1.73. The fraction of sp³-hybridized carbons (Fsp3) is 0.400. The lowest BCUT2D eigenvalue weighted by Gasteiger charge is -2.11. The maximum absolute atomic E-state index is 5.12. The van der Waals surface area contributed by atoms with Crippen molar-refractivity contribution < 1.29 is 9.47 Å². The number of imidazole rings is 1. The van der Waals surface area contributed by atoms with Crippen LogP contribution in [-0.2, 0) is 0 Å². The van der Waals surface area contributed by atoms with Crippen molar-refractivity contribution in [1.29, 1.82) is 0 Å². The Bertz CT molecular complexity index is 188. The van der Waals surface area contributed by atoms with Gasteiger partial charge in [-0.3, -0.25) is 0 Å². The number of nitrogens with zero attached hydrogens (tertiary/aromatic N) is 1. The van der Waals surface area contributed by atoms with E-state index in [1.54, 1.807) is 6.33 Å². The minimum atomic E-state index is 0.571. The van der Waals surface area contributed by atoms with Crippen molar-refractivity contribution in [2.75, 3.05) is 13.2 Å². The van der Waals surface area contributed by atoms with Gasteiger partial charge in [-0.1, -0.05) is 0 Å². The second kappa shape index (κ2) is 1.65. The molecule has 1 aliphatic heterocycles. The van der Waals surface area contributed by atoms with Crippen LogP contribution in [0, 0.1) is 0 Å². The molecule has 0 radical (unpaired) electrons. The van der Waals surface area contributed by atoms with Crippen LogP contribution in [0.3, 0.4) is 0 Å². The van der Waals surface area contributed by atoms with Gasteiger partial charge in [-0.25, -0.2) is 0 Å². The maximum atomic E-state index is 5.12. The van der Waals surface area contributed by atoms with Crippen LogP contribution in [0.25, 0.3) is 0 Å². The van der Waals surface area contributed by atoms with E-state index in [-0.39, 0.29) is 0 Å². The summed E-state index contributed by atoms with van der Waals surface area (Å²) in [4.78, 5) is 6.65. The van der Waals surface area contributed by atoms with Gasteiger partial charge in [-0.15, -0.1) is 0 Å². The Hall–Kier alpha value is -1.19. The molecular formula is C5H6N2O2. The van der Waals surface area contributed by atoms with Crippen LogP contribution in [0.5, 0.6) is 11.8 Å². The average molecular weight is 126 g/mol. The van der Waals surface area contributed by atoms with Crippen LogP contribution in [0.4, 0.5) is 0 Å². The Morgan fingerprint density at radius 3 is 3.22 bits per heavy atom. The first-order valence-corrected chi connectivity index (χ1v) is 2.76. The molecule has 48 valence electrons. The van der Waals surface area contributed by atoms with E-state index in [0.29, 0.717) is 25.0 Å². The molecule has 2 rings (SSSR count). The first-order valence-electron chi connectivity index (χ1n) is 2.76. The third kappa shape index (κ3) is 0.630. The minimum Gasteiger partial charge on any atom is -0.472 e. The first-order chi connectivity index (χ1) is 4.47.